The number of aromatic nitrogens is 1. The average Bonchev–Trinajstić information content (AvgIpc) is 2.70. The van der Waals surface area contributed by atoms with Crippen LogP contribution in [0.2, 0.25) is 0 Å². The van der Waals surface area contributed by atoms with Crippen LogP contribution in [0.3, 0.4) is 0 Å². The molecule has 3 aromatic carbocycles. The van der Waals surface area contributed by atoms with Gasteiger partial charge in [0, 0.05) is 16.1 Å². The number of pyridine rings is 1. The van der Waals surface area contributed by atoms with Crippen LogP contribution in [0.5, 0.6) is 5.75 Å². The summed E-state index contributed by atoms with van der Waals surface area (Å²) in [5.74, 6) is 0.146. The van der Waals surface area contributed by atoms with Gasteiger partial charge in [0.15, 0.2) is 12.7 Å². The van der Waals surface area contributed by atoms with Gasteiger partial charge in [-0.2, -0.15) is 4.57 Å². The second kappa shape index (κ2) is 7.72. The first-order chi connectivity index (χ1) is 13.2. The summed E-state index contributed by atoms with van der Waals surface area (Å²) in [7, 11) is 0. The number of carbonyl (C=O) groups excluding carboxylic acids is 1. The average molecular weight is 419 g/mol. The van der Waals surface area contributed by atoms with Gasteiger partial charge in [0.1, 0.15) is 5.75 Å². The maximum atomic E-state index is 13.1. The van der Waals surface area contributed by atoms with Crippen molar-refractivity contribution >= 4 is 32.7 Å². The SMILES string of the molecule is O=C(Oc1ccc(Br)cc1)c1c2ccccc2cc[n+]1Cc1ccccc1. The molecule has 1 heterocycles. The van der Waals surface area contributed by atoms with Gasteiger partial charge in [0.25, 0.3) is 5.69 Å². The number of hydrogen-bond donors (Lipinski definition) is 0. The van der Waals surface area contributed by atoms with E-state index in [2.05, 4.69) is 15.9 Å². The second-order valence-electron chi connectivity index (χ2n) is 6.21. The Bertz CT molecular complexity index is 1090. The summed E-state index contributed by atoms with van der Waals surface area (Å²) in [5.41, 5.74) is 1.66. The molecule has 4 aromatic rings. The van der Waals surface area contributed by atoms with Crippen molar-refractivity contribution in [2.75, 3.05) is 0 Å². The van der Waals surface area contributed by atoms with E-state index in [1.807, 2.05) is 83.6 Å². The molecule has 0 fully saturated rings. The normalized spacial score (nSPS) is 10.7. The standard InChI is InChI=1S/C23H17BrNO2/c24-19-10-12-20(13-11-19)27-23(26)22-21-9-5-4-8-18(21)14-15-25(22)16-17-6-2-1-3-7-17/h1-15H,16H2/q+1. The van der Waals surface area contributed by atoms with Gasteiger partial charge in [-0.1, -0.05) is 64.5 Å². The Balaban J connectivity index is 1.77. The highest BCUT2D eigenvalue weighted by Gasteiger charge is 2.25. The van der Waals surface area contributed by atoms with E-state index < -0.39 is 0 Å². The number of carbonyl (C=O) groups is 1. The number of rotatable bonds is 4. The molecule has 0 spiro atoms. The van der Waals surface area contributed by atoms with E-state index in [4.69, 9.17) is 4.74 Å². The van der Waals surface area contributed by atoms with E-state index in [0.29, 0.717) is 18.0 Å². The molecule has 0 unspecified atom stereocenters. The first-order valence-electron chi connectivity index (χ1n) is 8.63. The molecular weight excluding hydrogens is 402 g/mol. The highest BCUT2D eigenvalue weighted by molar-refractivity contribution is 9.10. The zero-order chi connectivity index (χ0) is 18.6. The lowest BCUT2D eigenvalue weighted by molar-refractivity contribution is -0.689. The van der Waals surface area contributed by atoms with Gasteiger partial charge in [-0.05, 0) is 35.7 Å². The third-order valence-corrected chi connectivity index (χ3v) is 4.88. The van der Waals surface area contributed by atoms with Crippen LogP contribution in [0.1, 0.15) is 16.1 Å². The van der Waals surface area contributed by atoms with Crippen molar-refractivity contribution in [3.05, 3.63) is 107 Å². The largest absolute Gasteiger partial charge is 0.419 e. The molecule has 0 aliphatic rings. The smallest absolute Gasteiger partial charge is 0.409 e. The van der Waals surface area contributed by atoms with Crippen LogP contribution >= 0.6 is 15.9 Å². The van der Waals surface area contributed by atoms with Gasteiger partial charge in [-0.15, -0.1) is 0 Å². The number of ether oxygens (including phenoxy) is 1. The van der Waals surface area contributed by atoms with Crippen LogP contribution in [0, 0.1) is 0 Å². The van der Waals surface area contributed by atoms with Crippen molar-refractivity contribution in [2.45, 2.75) is 6.54 Å². The topological polar surface area (TPSA) is 30.2 Å². The summed E-state index contributed by atoms with van der Waals surface area (Å²) in [6.07, 6.45) is 1.94. The highest BCUT2D eigenvalue weighted by atomic mass is 79.9. The third kappa shape index (κ3) is 3.91. The lowest BCUT2D eigenvalue weighted by atomic mass is 10.1. The molecule has 0 radical (unpaired) electrons. The molecule has 4 heteroatoms. The van der Waals surface area contributed by atoms with Crippen LogP contribution in [0.25, 0.3) is 10.8 Å². The van der Waals surface area contributed by atoms with Gasteiger partial charge < -0.3 is 4.74 Å². The molecule has 0 N–H and O–H groups in total. The van der Waals surface area contributed by atoms with Gasteiger partial charge in [0.05, 0.1) is 5.39 Å². The highest BCUT2D eigenvalue weighted by Crippen LogP contribution is 2.20. The molecule has 0 bridgehead atoms. The predicted molar refractivity (Wildman–Crippen MR) is 109 cm³/mol. The maximum Gasteiger partial charge on any atom is 0.409 e. The monoisotopic (exact) mass is 418 g/mol. The Hall–Kier alpha value is -2.98. The number of hydrogen-bond acceptors (Lipinski definition) is 2. The predicted octanol–water partition coefficient (Wildman–Crippen LogP) is 5.16. The van der Waals surface area contributed by atoms with Crippen molar-refractivity contribution in [1.82, 2.24) is 0 Å². The van der Waals surface area contributed by atoms with E-state index in [1.54, 1.807) is 12.1 Å². The zero-order valence-electron chi connectivity index (χ0n) is 14.5. The van der Waals surface area contributed by atoms with Gasteiger partial charge in [-0.25, -0.2) is 4.79 Å². The molecule has 0 aliphatic carbocycles. The Morgan fingerprint density at radius 1 is 0.852 bits per heavy atom. The van der Waals surface area contributed by atoms with Crippen LogP contribution < -0.4 is 9.30 Å². The minimum absolute atomic E-state index is 0.370. The molecule has 132 valence electrons. The van der Waals surface area contributed by atoms with E-state index in [-0.39, 0.29) is 5.97 Å². The summed E-state index contributed by atoms with van der Waals surface area (Å²) in [4.78, 5) is 13.1. The number of halogens is 1. The summed E-state index contributed by atoms with van der Waals surface area (Å²) >= 11 is 3.39. The van der Waals surface area contributed by atoms with Crippen molar-refractivity contribution in [2.24, 2.45) is 0 Å². The molecule has 1 aromatic heterocycles. The minimum Gasteiger partial charge on any atom is -0.419 e. The fourth-order valence-corrected chi connectivity index (χ4v) is 3.32. The summed E-state index contributed by atoms with van der Waals surface area (Å²) in [6, 6.07) is 27.2. The quantitative estimate of drug-likeness (QED) is 0.260. The molecule has 0 saturated heterocycles. The maximum absolute atomic E-state index is 13.1. The van der Waals surface area contributed by atoms with Crippen molar-refractivity contribution in [1.29, 1.82) is 0 Å². The first kappa shape index (κ1) is 17.4. The van der Waals surface area contributed by atoms with Crippen LogP contribution in [0.4, 0.5) is 0 Å². The van der Waals surface area contributed by atoms with Crippen LogP contribution in [0.15, 0.2) is 95.6 Å². The van der Waals surface area contributed by atoms with E-state index in [9.17, 15) is 4.79 Å². The van der Waals surface area contributed by atoms with E-state index in [1.165, 1.54) is 0 Å². The Morgan fingerprint density at radius 3 is 2.33 bits per heavy atom. The minimum atomic E-state index is -0.370. The number of fused-ring (bicyclic) bond motifs is 1. The molecule has 0 saturated carbocycles. The summed E-state index contributed by atoms with van der Waals surface area (Å²) < 4.78 is 8.54. The zero-order valence-corrected chi connectivity index (χ0v) is 16.1. The third-order valence-electron chi connectivity index (χ3n) is 4.35. The molecule has 0 amide bonds. The fourth-order valence-electron chi connectivity index (χ4n) is 3.05. The van der Waals surface area contributed by atoms with E-state index >= 15 is 0 Å². The molecular formula is C23H17BrNO2+. The van der Waals surface area contributed by atoms with Gasteiger partial charge in [0.2, 0.25) is 0 Å². The molecule has 27 heavy (non-hydrogen) atoms. The first-order valence-corrected chi connectivity index (χ1v) is 9.43. The Morgan fingerprint density at radius 2 is 1.56 bits per heavy atom. The molecule has 4 rings (SSSR count). The summed E-state index contributed by atoms with van der Waals surface area (Å²) in [6.45, 7) is 0.594. The fraction of sp³-hybridized carbons (Fsp3) is 0.0435. The Kier molecular flexibility index (Phi) is 4.99. The molecule has 0 atom stereocenters. The molecule has 0 aliphatic heterocycles. The van der Waals surface area contributed by atoms with Gasteiger partial charge in [-0.3, -0.25) is 0 Å². The van der Waals surface area contributed by atoms with Crippen LogP contribution in [-0.4, -0.2) is 5.97 Å². The van der Waals surface area contributed by atoms with Gasteiger partial charge >= 0.3 is 5.97 Å². The van der Waals surface area contributed by atoms with Crippen LogP contribution in [-0.2, 0) is 6.54 Å². The summed E-state index contributed by atoms with van der Waals surface area (Å²) in [5, 5.41) is 1.88. The number of benzene rings is 3. The van der Waals surface area contributed by atoms with E-state index in [0.717, 1.165) is 20.8 Å². The Labute approximate surface area is 166 Å². The lowest BCUT2D eigenvalue weighted by Gasteiger charge is -2.08. The number of nitrogens with zero attached hydrogens (tertiary/aromatic N) is 1. The lowest BCUT2D eigenvalue weighted by Crippen LogP contribution is -2.42. The molecule has 3 nitrogen and oxygen atoms in total. The van der Waals surface area contributed by atoms with Crippen molar-refractivity contribution in [3.8, 4) is 5.75 Å². The number of esters is 1. The second-order valence-corrected chi connectivity index (χ2v) is 7.12. The van der Waals surface area contributed by atoms with Crippen molar-refractivity contribution in [3.63, 3.8) is 0 Å². The van der Waals surface area contributed by atoms with Crippen molar-refractivity contribution < 1.29 is 14.1 Å².